The van der Waals surface area contributed by atoms with Crippen LogP contribution in [0.15, 0.2) is 114 Å². The lowest BCUT2D eigenvalue weighted by atomic mass is 10.1. The highest BCUT2D eigenvalue weighted by atomic mass is 32.2. The average molecular weight is 564 g/mol. The van der Waals surface area contributed by atoms with Crippen molar-refractivity contribution in [3.63, 3.8) is 0 Å². The molecule has 0 aliphatic carbocycles. The summed E-state index contributed by atoms with van der Waals surface area (Å²) in [5.74, 6) is -0.917. The average Bonchev–Trinajstić information content (AvgIpc) is 2.97. The highest BCUT2D eigenvalue weighted by Gasteiger charge is 2.19. The molecule has 208 valence electrons. The minimum atomic E-state index is -0.457. The van der Waals surface area contributed by atoms with Gasteiger partial charge in [0.15, 0.2) is 0 Å². The Morgan fingerprint density at radius 2 is 1.44 bits per heavy atom. The Labute approximate surface area is 245 Å². The van der Waals surface area contributed by atoms with Gasteiger partial charge in [0.05, 0.1) is 5.25 Å². The quantitative estimate of drug-likeness (QED) is 0.140. The minimum Gasteiger partial charge on any atom is -0.325 e. The van der Waals surface area contributed by atoms with Crippen LogP contribution in [0.2, 0.25) is 0 Å². The van der Waals surface area contributed by atoms with E-state index in [4.69, 9.17) is 0 Å². The zero-order valence-electron chi connectivity index (χ0n) is 23.3. The summed E-state index contributed by atoms with van der Waals surface area (Å²) in [4.78, 5) is 40.1. The molecule has 0 spiro atoms. The van der Waals surface area contributed by atoms with Gasteiger partial charge in [-0.3, -0.25) is 14.4 Å². The van der Waals surface area contributed by atoms with Crippen molar-refractivity contribution in [2.45, 2.75) is 37.3 Å². The number of carbonyl (C=O) groups excluding carboxylic acids is 3. The number of hydrogen-bond acceptors (Lipinski definition) is 4. The minimum absolute atomic E-state index is 0.0792. The number of carbonyl (C=O) groups is 3. The van der Waals surface area contributed by atoms with Crippen molar-refractivity contribution in [3.8, 4) is 0 Å². The number of amides is 3. The molecule has 4 aromatic rings. The van der Waals surface area contributed by atoms with Crippen LogP contribution in [0.25, 0.3) is 6.08 Å². The van der Waals surface area contributed by atoms with E-state index in [1.165, 1.54) is 11.8 Å². The lowest BCUT2D eigenvalue weighted by Gasteiger charge is -2.16. The molecule has 0 heterocycles. The van der Waals surface area contributed by atoms with Crippen LogP contribution in [-0.4, -0.2) is 23.0 Å². The summed E-state index contributed by atoms with van der Waals surface area (Å²) < 4.78 is 0. The molecule has 0 aliphatic rings. The zero-order valence-corrected chi connectivity index (χ0v) is 24.1. The van der Waals surface area contributed by atoms with Crippen LogP contribution in [0.5, 0.6) is 0 Å². The molecule has 0 fully saturated rings. The third-order valence-corrected chi connectivity index (χ3v) is 7.59. The van der Waals surface area contributed by atoms with Crippen LogP contribution in [-0.2, 0) is 9.59 Å². The summed E-state index contributed by atoms with van der Waals surface area (Å²) in [7, 11) is 0. The van der Waals surface area contributed by atoms with Gasteiger partial charge in [0, 0.05) is 21.8 Å². The van der Waals surface area contributed by atoms with E-state index in [9.17, 15) is 14.4 Å². The summed E-state index contributed by atoms with van der Waals surface area (Å²) >= 11 is 1.43. The molecular weight excluding hydrogens is 530 g/mol. The highest BCUT2D eigenvalue weighted by Crippen LogP contribution is 2.29. The number of rotatable bonds is 10. The van der Waals surface area contributed by atoms with Crippen LogP contribution in [0.3, 0.4) is 0 Å². The van der Waals surface area contributed by atoms with E-state index in [0.29, 0.717) is 17.7 Å². The van der Waals surface area contributed by atoms with Crippen molar-refractivity contribution in [2.24, 2.45) is 0 Å². The van der Waals surface area contributed by atoms with Crippen molar-refractivity contribution in [2.75, 3.05) is 10.6 Å². The largest absolute Gasteiger partial charge is 0.325 e. The van der Waals surface area contributed by atoms with Crippen molar-refractivity contribution in [3.05, 3.63) is 131 Å². The van der Waals surface area contributed by atoms with Gasteiger partial charge in [0.2, 0.25) is 5.91 Å². The van der Waals surface area contributed by atoms with E-state index < -0.39 is 5.91 Å². The number of aryl methyl sites for hydroxylation is 2. The number of hydrogen-bond donors (Lipinski definition) is 3. The maximum Gasteiger partial charge on any atom is 0.272 e. The van der Waals surface area contributed by atoms with E-state index >= 15 is 0 Å². The van der Waals surface area contributed by atoms with Gasteiger partial charge in [-0.05, 0) is 79.9 Å². The van der Waals surface area contributed by atoms with Gasteiger partial charge < -0.3 is 16.0 Å². The molecule has 0 saturated heterocycles. The lowest BCUT2D eigenvalue weighted by molar-refractivity contribution is -0.116. The molecule has 4 rings (SSSR count). The molecule has 0 bridgehead atoms. The first-order valence-electron chi connectivity index (χ1n) is 13.4. The lowest BCUT2D eigenvalue weighted by Crippen LogP contribution is -2.30. The fraction of sp³-hybridized carbons (Fsp3) is 0.147. The molecule has 0 aliphatic heterocycles. The molecular formula is C34H33N3O3S. The molecule has 3 N–H and O–H groups in total. The highest BCUT2D eigenvalue weighted by molar-refractivity contribution is 8.00. The van der Waals surface area contributed by atoms with Gasteiger partial charge >= 0.3 is 0 Å². The molecule has 0 saturated carbocycles. The maximum atomic E-state index is 13.4. The van der Waals surface area contributed by atoms with Crippen LogP contribution >= 0.6 is 11.8 Å². The third kappa shape index (κ3) is 8.68. The predicted octanol–water partition coefficient (Wildman–Crippen LogP) is 7.22. The van der Waals surface area contributed by atoms with Crippen LogP contribution in [0.1, 0.15) is 40.4 Å². The summed E-state index contributed by atoms with van der Waals surface area (Å²) in [6.45, 7) is 5.94. The molecule has 4 aromatic carbocycles. The van der Waals surface area contributed by atoms with Crippen molar-refractivity contribution in [1.82, 2.24) is 5.32 Å². The second-order valence-corrected chi connectivity index (χ2v) is 10.9. The Hall–Kier alpha value is -4.62. The Balaban J connectivity index is 1.49. The van der Waals surface area contributed by atoms with Crippen LogP contribution < -0.4 is 16.0 Å². The third-order valence-electron chi connectivity index (χ3n) is 6.24. The zero-order chi connectivity index (χ0) is 29.2. The molecule has 41 heavy (non-hydrogen) atoms. The van der Waals surface area contributed by atoms with E-state index in [2.05, 4.69) is 16.0 Å². The second-order valence-electron chi connectivity index (χ2n) is 9.64. The second kappa shape index (κ2) is 14.1. The summed E-state index contributed by atoms with van der Waals surface area (Å²) in [6, 6.07) is 31.5. The predicted molar refractivity (Wildman–Crippen MR) is 168 cm³/mol. The topological polar surface area (TPSA) is 87.3 Å². The van der Waals surface area contributed by atoms with Gasteiger partial charge in [0.1, 0.15) is 5.70 Å². The van der Waals surface area contributed by atoms with E-state index in [0.717, 1.165) is 27.3 Å². The SMILES string of the molecule is CCC(Sc1cccc(NC(=O)/C(=C/c2ccc(C)cc2)NC(=O)c2ccccc2)c1)C(=O)Nc1cccc(C)c1. The van der Waals surface area contributed by atoms with Gasteiger partial charge in [-0.1, -0.05) is 73.2 Å². The fourth-order valence-corrected chi connectivity index (χ4v) is 5.06. The molecule has 7 heteroatoms. The number of anilines is 2. The van der Waals surface area contributed by atoms with Crippen molar-refractivity contribution in [1.29, 1.82) is 0 Å². The molecule has 6 nitrogen and oxygen atoms in total. The maximum absolute atomic E-state index is 13.4. The Morgan fingerprint density at radius 3 is 2.12 bits per heavy atom. The van der Waals surface area contributed by atoms with E-state index in [1.54, 1.807) is 36.4 Å². The summed E-state index contributed by atoms with van der Waals surface area (Å²) in [6.07, 6.45) is 2.28. The fourth-order valence-electron chi connectivity index (χ4n) is 4.05. The Morgan fingerprint density at radius 1 is 0.756 bits per heavy atom. The monoisotopic (exact) mass is 563 g/mol. The van der Waals surface area contributed by atoms with Gasteiger partial charge in [-0.15, -0.1) is 11.8 Å². The first kappa shape index (κ1) is 29.4. The summed E-state index contributed by atoms with van der Waals surface area (Å²) in [5.41, 5.74) is 4.83. The van der Waals surface area contributed by atoms with Crippen molar-refractivity contribution >= 4 is 46.9 Å². The standard InChI is InChI=1S/C34H33N3O3S/c1-4-31(34(40)36-27-13-8-10-24(3)20-27)41-29-15-9-14-28(22-29)35-33(39)30(21-25-18-16-23(2)17-19-25)37-32(38)26-11-6-5-7-12-26/h5-22,31H,4H2,1-3H3,(H,35,39)(H,36,40)(H,37,38)/b30-21-. The van der Waals surface area contributed by atoms with Gasteiger partial charge in [-0.25, -0.2) is 0 Å². The summed E-state index contributed by atoms with van der Waals surface area (Å²) in [5, 5.41) is 8.35. The van der Waals surface area contributed by atoms with Gasteiger partial charge in [0.25, 0.3) is 11.8 Å². The number of thioether (sulfide) groups is 1. The smallest absolute Gasteiger partial charge is 0.272 e. The van der Waals surface area contributed by atoms with Crippen molar-refractivity contribution < 1.29 is 14.4 Å². The van der Waals surface area contributed by atoms with Crippen LogP contribution in [0, 0.1) is 13.8 Å². The van der Waals surface area contributed by atoms with E-state index in [1.807, 2.05) is 93.6 Å². The first-order chi connectivity index (χ1) is 19.8. The Kier molecular flexibility index (Phi) is 10.1. The normalized spacial score (nSPS) is 11.8. The molecule has 1 unspecified atom stereocenters. The molecule has 0 aromatic heterocycles. The van der Waals surface area contributed by atoms with Gasteiger partial charge in [-0.2, -0.15) is 0 Å². The molecule has 0 radical (unpaired) electrons. The molecule has 1 atom stereocenters. The number of benzene rings is 4. The Bertz CT molecular complexity index is 1550. The van der Waals surface area contributed by atoms with E-state index in [-0.39, 0.29) is 22.8 Å². The number of nitrogens with one attached hydrogen (secondary N) is 3. The molecule has 3 amide bonds. The van der Waals surface area contributed by atoms with Crippen LogP contribution in [0.4, 0.5) is 11.4 Å². The first-order valence-corrected chi connectivity index (χ1v) is 14.3.